The van der Waals surface area contributed by atoms with E-state index < -0.39 is 12.8 Å². The molecule has 4 rings (SSSR count). The van der Waals surface area contributed by atoms with E-state index in [2.05, 4.69) is 20.4 Å². The van der Waals surface area contributed by atoms with Gasteiger partial charge in [0, 0.05) is 12.7 Å². The standard InChI is InChI=1S/C20H18F3N5O3/c1-2-30-15-4-3-5-16(31-11-20(21,22)23)17(15)18-24-7-6-12(26-18)13-10-14-19(29)25-8-9-28(14)27-13/h3-7,10H,2,8-9,11H2,1H3,(H,25,29). The third-order valence-electron chi connectivity index (χ3n) is 4.44. The highest BCUT2D eigenvalue weighted by molar-refractivity contribution is 5.94. The Balaban J connectivity index is 1.76. The van der Waals surface area contributed by atoms with Crippen LogP contribution in [0.1, 0.15) is 17.4 Å². The van der Waals surface area contributed by atoms with Crippen LogP contribution in [-0.4, -0.2) is 51.6 Å². The summed E-state index contributed by atoms with van der Waals surface area (Å²) >= 11 is 0. The summed E-state index contributed by atoms with van der Waals surface area (Å²) in [5, 5.41) is 7.15. The first-order valence-electron chi connectivity index (χ1n) is 9.51. The van der Waals surface area contributed by atoms with E-state index in [0.29, 0.717) is 35.9 Å². The molecular weight excluding hydrogens is 415 g/mol. The third-order valence-corrected chi connectivity index (χ3v) is 4.44. The summed E-state index contributed by atoms with van der Waals surface area (Å²) in [7, 11) is 0. The molecule has 31 heavy (non-hydrogen) atoms. The zero-order valence-corrected chi connectivity index (χ0v) is 16.4. The smallest absolute Gasteiger partial charge is 0.422 e. The molecule has 1 aliphatic heterocycles. The van der Waals surface area contributed by atoms with E-state index in [1.54, 1.807) is 29.8 Å². The van der Waals surface area contributed by atoms with Gasteiger partial charge in [0.05, 0.1) is 18.8 Å². The number of nitrogens with one attached hydrogen (secondary N) is 1. The molecule has 3 heterocycles. The SMILES string of the molecule is CCOc1cccc(OCC(F)(F)F)c1-c1nccc(-c2cc3n(n2)CCNC3=O)n1. The van der Waals surface area contributed by atoms with Crippen molar-refractivity contribution in [3.8, 4) is 34.3 Å². The molecule has 1 aliphatic rings. The largest absolute Gasteiger partial charge is 0.493 e. The second kappa shape index (κ2) is 8.25. The number of halogens is 3. The van der Waals surface area contributed by atoms with Gasteiger partial charge in [0.25, 0.3) is 5.91 Å². The van der Waals surface area contributed by atoms with Crippen LogP contribution in [0.15, 0.2) is 36.5 Å². The Bertz CT molecular complexity index is 1110. The van der Waals surface area contributed by atoms with Crippen LogP contribution in [0.3, 0.4) is 0 Å². The normalized spacial score (nSPS) is 13.5. The van der Waals surface area contributed by atoms with E-state index in [0.717, 1.165) is 0 Å². The molecular formula is C20H18F3N5O3. The number of hydrogen-bond donors (Lipinski definition) is 1. The van der Waals surface area contributed by atoms with E-state index in [-0.39, 0.29) is 29.7 Å². The van der Waals surface area contributed by atoms with Gasteiger partial charge in [-0.25, -0.2) is 9.97 Å². The molecule has 0 fully saturated rings. The summed E-state index contributed by atoms with van der Waals surface area (Å²) in [4.78, 5) is 20.7. The highest BCUT2D eigenvalue weighted by Crippen LogP contribution is 2.38. The lowest BCUT2D eigenvalue weighted by molar-refractivity contribution is -0.153. The quantitative estimate of drug-likeness (QED) is 0.643. The maximum atomic E-state index is 12.7. The van der Waals surface area contributed by atoms with E-state index >= 15 is 0 Å². The van der Waals surface area contributed by atoms with Gasteiger partial charge in [0.1, 0.15) is 28.5 Å². The molecule has 0 aliphatic carbocycles. The van der Waals surface area contributed by atoms with Crippen LogP contribution in [0.25, 0.3) is 22.8 Å². The van der Waals surface area contributed by atoms with Crippen molar-refractivity contribution in [1.29, 1.82) is 0 Å². The van der Waals surface area contributed by atoms with Gasteiger partial charge in [0.15, 0.2) is 12.4 Å². The number of amides is 1. The Labute approximate surface area is 175 Å². The first kappa shape index (κ1) is 20.6. The average Bonchev–Trinajstić information content (AvgIpc) is 3.18. The fourth-order valence-corrected chi connectivity index (χ4v) is 3.17. The van der Waals surface area contributed by atoms with Crippen LogP contribution in [0, 0.1) is 0 Å². The molecule has 3 aromatic rings. The molecule has 0 unspecified atom stereocenters. The topological polar surface area (TPSA) is 91.2 Å². The minimum atomic E-state index is -4.50. The number of fused-ring (bicyclic) bond motifs is 1. The zero-order valence-electron chi connectivity index (χ0n) is 16.4. The molecule has 0 atom stereocenters. The molecule has 1 N–H and O–H groups in total. The first-order chi connectivity index (χ1) is 14.9. The van der Waals surface area contributed by atoms with Gasteiger partial charge >= 0.3 is 6.18 Å². The highest BCUT2D eigenvalue weighted by Gasteiger charge is 2.30. The molecule has 2 aromatic heterocycles. The molecule has 162 valence electrons. The number of hydrogen-bond acceptors (Lipinski definition) is 6. The van der Waals surface area contributed by atoms with Gasteiger partial charge in [0.2, 0.25) is 0 Å². The summed E-state index contributed by atoms with van der Waals surface area (Å²) < 4.78 is 50.3. The van der Waals surface area contributed by atoms with Crippen molar-refractivity contribution in [3.63, 3.8) is 0 Å². The van der Waals surface area contributed by atoms with E-state index in [9.17, 15) is 18.0 Å². The third kappa shape index (κ3) is 4.44. The van der Waals surface area contributed by atoms with E-state index in [1.165, 1.54) is 18.3 Å². The van der Waals surface area contributed by atoms with Crippen LogP contribution in [-0.2, 0) is 6.54 Å². The minimum Gasteiger partial charge on any atom is -0.493 e. The van der Waals surface area contributed by atoms with Gasteiger partial charge in [-0.15, -0.1) is 0 Å². The Morgan fingerprint density at radius 3 is 2.65 bits per heavy atom. The van der Waals surface area contributed by atoms with Crippen molar-refractivity contribution >= 4 is 5.91 Å². The Kier molecular flexibility index (Phi) is 5.49. The summed E-state index contributed by atoms with van der Waals surface area (Å²) in [5.41, 5.74) is 1.47. The number of aromatic nitrogens is 4. The van der Waals surface area contributed by atoms with Crippen molar-refractivity contribution in [1.82, 2.24) is 25.1 Å². The lowest BCUT2D eigenvalue weighted by Gasteiger charge is -2.16. The predicted octanol–water partition coefficient (Wildman–Crippen LogP) is 3.09. The van der Waals surface area contributed by atoms with Crippen molar-refractivity contribution in [2.45, 2.75) is 19.6 Å². The van der Waals surface area contributed by atoms with Gasteiger partial charge < -0.3 is 14.8 Å². The number of nitrogens with zero attached hydrogens (tertiary/aromatic N) is 4. The molecule has 8 nitrogen and oxygen atoms in total. The second-order valence-electron chi connectivity index (χ2n) is 6.63. The average molecular weight is 433 g/mol. The van der Waals surface area contributed by atoms with E-state index in [1.807, 2.05) is 0 Å². The number of ether oxygens (including phenoxy) is 2. The van der Waals surface area contributed by atoms with Gasteiger partial charge in [-0.3, -0.25) is 9.48 Å². The summed E-state index contributed by atoms with van der Waals surface area (Å²) in [6, 6.07) is 7.76. The molecule has 0 radical (unpaired) electrons. The fraction of sp³-hybridized carbons (Fsp3) is 0.300. The van der Waals surface area contributed by atoms with Crippen LogP contribution in [0.5, 0.6) is 11.5 Å². The number of rotatable bonds is 6. The molecule has 0 bridgehead atoms. The van der Waals surface area contributed by atoms with Crippen LogP contribution >= 0.6 is 0 Å². The molecule has 0 saturated heterocycles. The van der Waals surface area contributed by atoms with Crippen molar-refractivity contribution in [2.24, 2.45) is 0 Å². The lowest BCUT2D eigenvalue weighted by atomic mass is 10.1. The van der Waals surface area contributed by atoms with Crippen molar-refractivity contribution in [3.05, 3.63) is 42.2 Å². The molecule has 0 saturated carbocycles. The minimum absolute atomic E-state index is 0.0519. The van der Waals surface area contributed by atoms with Crippen LogP contribution in [0.4, 0.5) is 13.2 Å². The second-order valence-corrected chi connectivity index (χ2v) is 6.63. The van der Waals surface area contributed by atoms with Gasteiger partial charge in [-0.05, 0) is 31.2 Å². The molecule has 11 heteroatoms. The number of carbonyl (C=O) groups is 1. The Hall–Kier alpha value is -3.63. The predicted molar refractivity (Wildman–Crippen MR) is 104 cm³/mol. The first-order valence-corrected chi connectivity index (χ1v) is 9.51. The van der Waals surface area contributed by atoms with Crippen molar-refractivity contribution in [2.75, 3.05) is 19.8 Å². The summed E-state index contributed by atoms with van der Waals surface area (Å²) in [6.07, 6.45) is -3.04. The van der Waals surface area contributed by atoms with Gasteiger partial charge in [-0.1, -0.05) is 6.07 Å². The van der Waals surface area contributed by atoms with Crippen molar-refractivity contribution < 1.29 is 27.4 Å². The molecule has 1 aromatic carbocycles. The monoisotopic (exact) mass is 433 g/mol. The maximum absolute atomic E-state index is 12.7. The molecule has 0 spiro atoms. The summed E-state index contributed by atoms with van der Waals surface area (Å²) in [6.45, 7) is 1.59. The van der Waals surface area contributed by atoms with Crippen LogP contribution < -0.4 is 14.8 Å². The zero-order chi connectivity index (χ0) is 22.0. The Morgan fingerprint density at radius 1 is 1.16 bits per heavy atom. The van der Waals surface area contributed by atoms with E-state index in [4.69, 9.17) is 9.47 Å². The lowest BCUT2D eigenvalue weighted by Crippen LogP contribution is -2.35. The highest BCUT2D eigenvalue weighted by atomic mass is 19.4. The number of benzene rings is 1. The number of carbonyl (C=O) groups excluding carboxylic acids is 1. The molecule has 1 amide bonds. The number of alkyl halides is 3. The van der Waals surface area contributed by atoms with Crippen LogP contribution in [0.2, 0.25) is 0 Å². The Morgan fingerprint density at radius 2 is 1.94 bits per heavy atom. The van der Waals surface area contributed by atoms with Gasteiger partial charge in [-0.2, -0.15) is 18.3 Å². The fourth-order valence-electron chi connectivity index (χ4n) is 3.17. The summed E-state index contributed by atoms with van der Waals surface area (Å²) in [5.74, 6) is 0.129. The maximum Gasteiger partial charge on any atom is 0.422 e.